The number of carbonyl (C=O) groups excluding carboxylic acids is 2. The van der Waals surface area contributed by atoms with Crippen LogP contribution in [0.15, 0.2) is 54.6 Å². The summed E-state index contributed by atoms with van der Waals surface area (Å²) >= 11 is 5.98. The third kappa shape index (κ3) is 6.89. The van der Waals surface area contributed by atoms with Crippen molar-refractivity contribution in [3.63, 3.8) is 0 Å². The van der Waals surface area contributed by atoms with Gasteiger partial charge in [0.2, 0.25) is 11.8 Å². The minimum atomic E-state index is -0.194. The maximum atomic E-state index is 12.4. The molecule has 0 aliphatic heterocycles. The highest BCUT2D eigenvalue weighted by molar-refractivity contribution is 6.30. The van der Waals surface area contributed by atoms with E-state index in [4.69, 9.17) is 11.6 Å². The predicted molar refractivity (Wildman–Crippen MR) is 105 cm³/mol. The van der Waals surface area contributed by atoms with Gasteiger partial charge in [-0.05, 0) is 36.1 Å². The molecular formula is C21H25ClN2O2. The van der Waals surface area contributed by atoms with Gasteiger partial charge < -0.3 is 10.6 Å². The highest BCUT2D eigenvalue weighted by Crippen LogP contribution is 2.23. The average Bonchev–Trinajstić information content (AvgIpc) is 2.64. The molecule has 2 rings (SSSR count). The molecule has 0 aliphatic rings. The van der Waals surface area contributed by atoms with Gasteiger partial charge in [0, 0.05) is 24.9 Å². The summed E-state index contributed by atoms with van der Waals surface area (Å²) in [4.78, 5) is 23.2. The molecule has 0 bridgehead atoms. The largest absolute Gasteiger partial charge is 0.356 e. The molecule has 0 unspecified atom stereocenters. The lowest BCUT2D eigenvalue weighted by Gasteiger charge is -2.20. The SMILES string of the molecule is CC(=O)NCCCCCC(=O)N[C@H](c1ccccc1)c1ccc(Cl)cc1. The number of nitrogens with one attached hydrogen (secondary N) is 2. The fraction of sp³-hybridized carbons (Fsp3) is 0.333. The zero-order valence-corrected chi connectivity index (χ0v) is 15.8. The number of rotatable bonds is 9. The van der Waals surface area contributed by atoms with E-state index in [1.165, 1.54) is 6.92 Å². The highest BCUT2D eigenvalue weighted by Gasteiger charge is 2.16. The predicted octanol–water partition coefficient (Wildman–Crippen LogP) is 4.24. The number of amides is 2. The van der Waals surface area contributed by atoms with Crippen molar-refractivity contribution in [1.82, 2.24) is 10.6 Å². The Hall–Kier alpha value is -2.33. The van der Waals surface area contributed by atoms with Crippen LogP contribution in [0.3, 0.4) is 0 Å². The molecule has 1 atom stereocenters. The van der Waals surface area contributed by atoms with Gasteiger partial charge in [0.25, 0.3) is 0 Å². The minimum Gasteiger partial charge on any atom is -0.356 e. The number of carbonyl (C=O) groups is 2. The number of unbranched alkanes of at least 4 members (excludes halogenated alkanes) is 2. The van der Waals surface area contributed by atoms with E-state index in [9.17, 15) is 9.59 Å². The second kappa shape index (κ2) is 10.6. The molecule has 0 fully saturated rings. The number of hydrogen-bond acceptors (Lipinski definition) is 2. The second-order valence-electron chi connectivity index (χ2n) is 6.26. The third-order valence-electron chi connectivity index (χ3n) is 4.10. The summed E-state index contributed by atoms with van der Waals surface area (Å²) in [6.45, 7) is 2.17. The van der Waals surface area contributed by atoms with E-state index < -0.39 is 0 Å². The van der Waals surface area contributed by atoms with Crippen LogP contribution in [-0.4, -0.2) is 18.4 Å². The summed E-state index contributed by atoms with van der Waals surface area (Å²) in [5.74, 6) is 0.00439. The van der Waals surface area contributed by atoms with E-state index in [0.29, 0.717) is 18.0 Å². The molecule has 4 nitrogen and oxygen atoms in total. The topological polar surface area (TPSA) is 58.2 Å². The molecule has 0 saturated heterocycles. The van der Waals surface area contributed by atoms with Crippen molar-refractivity contribution in [2.24, 2.45) is 0 Å². The Bertz CT molecular complexity index is 702. The third-order valence-corrected chi connectivity index (χ3v) is 4.35. The first-order valence-corrected chi connectivity index (χ1v) is 9.28. The monoisotopic (exact) mass is 372 g/mol. The first kappa shape index (κ1) is 20.0. The zero-order chi connectivity index (χ0) is 18.8. The molecule has 26 heavy (non-hydrogen) atoms. The van der Waals surface area contributed by atoms with Gasteiger partial charge in [-0.1, -0.05) is 60.5 Å². The quantitative estimate of drug-likeness (QED) is 0.647. The minimum absolute atomic E-state index is 0.0172. The summed E-state index contributed by atoms with van der Waals surface area (Å²) in [7, 11) is 0. The molecular weight excluding hydrogens is 348 g/mol. The molecule has 0 aliphatic carbocycles. The van der Waals surface area contributed by atoms with Crippen molar-refractivity contribution in [3.8, 4) is 0 Å². The van der Waals surface area contributed by atoms with Crippen LogP contribution in [0.2, 0.25) is 5.02 Å². The van der Waals surface area contributed by atoms with Crippen LogP contribution in [0.4, 0.5) is 0 Å². The van der Waals surface area contributed by atoms with Crippen LogP contribution in [0.25, 0.3) is 0 Å². The standard InChI is InChI=1S/C21H25ClN2O2/c1-16(25)23-15-7-3-6-10-20(26)24-21(17-8-4-2-5-9-17)18-11-13-19(22)14-12-18/h2,4-5,8-9,11-14,21H,3,6-7,10,15H2,1H3,(H,23,25)(H,24,26)/t21-/m1/s1. The van der Waals surface area contributed by atoms with Crippen molar-refractivity contribution in [3.05, 3.63) is 70.7 Å². The lowest BCUT2D eigenvalue weighted by Crippen LogP contribution is -2.29. The van der Waals surface area contributed by atoms with Gasteiger partial charge in [0.05, 0.1) is 6.04 Å². The van der Waals surface area contributed by atoms with Crippen molar-refractivity contribution in [2.45, 2.75) is 38.6 Å². The van der Waals surface area contributed by atoms with Crippen LogP contribution in [0, 0.1) is 0 Å². The summed E-state index contributed by atoms with van der Waals surface area (Å²) in [6.07, 6.45) is 3.06. The Labute approximate surface area is 159 Å². The molecule has 0 saturated carbocycles. The van der Waals surface area contributed by atoms with Gasteiger partial charge in [0.15, 0.2) is 0 Å². The van der Waals surface area contributed by atoms with Gasteiger partial charge in [-0.25, -0.2) is 0 Å². The Morgan fingerprint density at radius 3 is 2.23 bits per heavy atom. The van der Waals surface area contributed by atoms with E-state index in [1.807, 2.05) is 54.6 Å². The van der Waals surface area contributed by atoms with Crippen LogP contribution < -0.4 is 10.6 Å². The molecule has 138 valence electrons. The van der Waals surface area contributed by atoms with Crippen LogP contribution in [0.5, 0.6) is 0 Å². The van der Waals surface area contributed by atoms with Gasteiger partial charge in [-0.3, -0.25) is 9.59 Å². The fourth-order valence-electron chi connectivity index (χ4n) is 2.74. The van der Waals surface area contributed by atoms with Crippen LogP contribution >= 0.6 is 11.6 Å². The molecule has 2 amide bonds. The highest BCUT2D eigenvalue weighted by atomic mass is 35.5. The zero-order valence-electron chi connectivity index (χ0n) is 15.0. The Morgan fingerprint density at radius 1 is 0.923 bits per heavy atom. The van der Waals surface area contributed by atoms with E-state index in [2.05, 4.69) is 10.6 Å². The second-order valence-corrected chi connectivity index (χ2v) is 6.69. The van der Waals surface area contributed by atoms with E-state index in [1.54, 1.807) is 0 Å². The molecule has 0 radical (unpaired) electrons. The van der Waals surface area contributed by atoms with Crippen molar-refractivity contribution in [2.75, 3.05) is 6.54 Å². The lowest BCUT2D eigenvalue weighted by atomic mass is 9.98. The Kier molecular flexibility index (Phi) is 8.16. The van der Waals surface area contributed by atoms with Gasteiger partial charge in [-0.2, -0.15) is 0 Å². The summed E-state index contributed by atoms with van der Waals surface area (Å²) < 4.78 is 0. The first-order chi connectivity index (χ1) is 12.6. The van der Waals surface area contributed by atoms with Gasteiger partial charge in [0.1, 0.15) is 0 Å². The smallest absolute Gasteiger partial charge is 0.220 e. The van der Waals surface area contributed by atoms with Gasteiger partial charge in [-0.15, -0.1) is 0 Å². The van der Waals surface area contributed by atoms with E-state index >= 15 is 0 Å². The van der Waals surface area contributed by atoms with Crippen molar-refractivity contribution < 1.29 is 9.59 Å². The normalized spacial score (nSPS) is 11.6. The van der Waals surface area contributed by atoms with E-state index in [-0.39, 0.29) is 17.9 Å². The lowest BCUT2D eigenvalue weighted by molar-refractivity contribution is -0.122. The number of halogens is 1. The molecule has 0 aromatic heterocycles. The van der Waals surface area contributed by atoms with Crippen molar-refractivity contribution >= 4 is 23.4 Å². The van der Waals surface area contributed by atoms with E-state index in [0.717, 1.165) is 30.4 Å². The fourth-order valence-corrected chi connectivity index (χ4v) is 2.87. The Balaban J connectivity index is 1.91. The molecule has 2 aromatic carbocycles. The molecule has 2 N–H and O–H groups in total. The number of benzene rings is 2. The molecule has 5 heteroatoms. The maximum Gasteiger partial charge on any atom is 0.220 e. The molecule has 0 spiro atoms. The van der Waals surface area contributed by atoms with Crippen LogP contribution in [0.1, 0.15) is 49.8 Å². The first-order valence-electron chi connectivity index (χ1n) is 8.90. The molecule has 2 aromatic rings. The van der Waals surface area contributed by atoms with Crippen molar-refractivity contribution in [1.29, 1.82) is 0 Å². The average molecular weight is 373 g/mol. The Morgan fingerprint density at radius 2 is 1.58 bits per heavy atom. The number of hydrogen-bond donors (Lipinski definition) is 2. The molecule has 0 heterocycles. The summed E-state index contributed by atoms with van der Waals surface area (Å²) in [6, 6.07) is 17.3. The summed E-state index contributed by atoms with van der Waals surface area (Å²) in [5, 5.41) is 6.56. The van der Waals surface area contributed by atoms with Gasteiger partial charge >= 0.3 is 0 Å². The van der Waals surface area contributed by atoms with Crippen LogP contribution in [-0.2, 0) is 9.59 Å². The maximum absolute atomic E-state index is 12.4. The summed E-state index contributed by atoms with van der Waals surface area (Å²) in [5.41, 5.74) is 2.04.